The number of allylic oxidation sites excluding steroid dienone is 1. The van der Waals surface area contributed by atoms with Gasteiger partial charge in [0.15, 0.2) is 5.78 Å². The molecule has 0 unspecified atom stereocenters. The molecule has 0 saturated heterocycles. The molecule has 0 aliphatic heterocycles. The largest absolute Gasteiger partial charge is 0.456 e. The summed E-state index contributed by atoms with van der Waals surface area (Å²) in [7, 11) is 0. The van der Waals surface area contributed by atoms with E-state index in [0.29, 0.717) is 12.8 Å². The molecule has 224 valence electrons. The molecule has 0 aromatic rings. The number of Topliss-reactive ketones (excluding diaryl/α,β-unsaturated/α-hetero) is 1. The van der Waals surface area contributed by atoms with Crippen LogP contribution in [0.4, 0.5) is 0 Å². The second-order valence-corrected chi connectivity index (χ2v) is 15.0. The predicted molar refractivity (Wildman–Crippen MR) is 149 cm³/mol. The second-order valence-electron chi connectivity index (χ2n) is 15.0. The maximum absolute atomic E-state index is 14.3. The highest BCUT2D eigenvalue weighted by atomic mass is 16.6. The third kappa shape index (κ3) is 4.19. The van der Waals surface area contributed by atoms with Crippen LogP contribution in [0.5, 0.6) is 0 Å². The Hall–Kier alpha value is -1.87. The number of esters is 1. The molecule has 8 nitrogen and oxygen atoms in total. The number of ketones is 2. The Morgan fingerprint density at radius 2 is 1.62 bits per heavy atom. The van der Waals surface area contributed by atoms with E-state index in [2.05, 4.69) is 13.0 Å². The van der Waals surface area contributed by atoms with Gasteiger partial charge in [-0.05, 0) is 74.9 Å². The van der Waals surface area contributed by atoms with Gasteiger partial charge in [0.1, 0.15) is 17.0 Å². The highest BCUT2D eigenvalue weighted by Crippen LogP contribution is 2.74. The van der Waals surface area contributed by atoms with Crippen molar-refractivity contribution in [1.82, 2.24) is 0 Å². The second kappa shape index (κ2) is 9.32. The molecule has 4 rings (SSSR count). The molecule has 3 saturated carbocycles. The van der Waals surface area contributed by atoms with Crippen LogP contribution in [-0.2, 0) is 19.1 Å². The van der Waals surface area contributed by atoms with E-state index in [1.807, 2.05) is 27.7 Å². The molecule has 4 aliphatic rings. The molecule has 0 radical (unpaired) electrons. The van der Waals surface area contributed by atoms with Crippen LogP contribution in [0.3, 0.4) is 0 Å². The third-order valence-electron chi connectivity index (χ3n) is 11.8. The molecule has 0 aromatic carbocycles. The summed E-state index contributed by atoms with van der Waals surface area (Å²) in [5.41, 5.74) is -5.04. The maximum atomic E-state index is 14.3. The van der Waals surface area contributed by atoms with Gasteiger partial charge in [-0.2, -0.15) is 0 Å². The average molecular weight is 561 g/mol. The highest BCUT2D eigenvalue weighted by Gasteiger charge is 2.74. The van der Waals surface area contributed by atoms with Crippen LogP contribution >= 0.6 is 0 Å². The molecule has 10 atom stereocenters. The van der Waals surface area contributed by atoms with Crippen molar-refractivity contribution in [3.63, 3.8) is 0 Å². The van der Waals surface area contributed by atoms with E-state index in [-0.39, 0.29) is 30.5 Å². The zero-order valence-electron chi connectivity index (χ0n) is 25.4. The van der Waals surface area contributed by atoms with Crippen LogP contribution in [0, 0.1) is 39.4 Å². The number of hydrogen-bond donors (Lipinski definition) is 4. The van der Waals surface area contributed by atoms with Crippen molar-refractivity contribution in [2.24, 2.45) is 39.4 Å². The van der Waals surface area contributed by atoms with E-state index < -0.39 is 68.8 Å². The normalized spacial score (nSPS) is 44.2. The van der Waals surface area contributed by atoms with Crippen molar-refractivity contribution in [2.45, 2.75) is 118 Å². The topological polar surface area (TPSA) is 141 Å². The lowest BCUT2D eigenvalue weighted by Gasteiger charge is -2.65. The van der Waals surface area contributed by atoms with Gasteiger partial charge in [0.05, 0.1) is 18.3 Å². The lowest BCUT2D eigenvalue weighted by Crippen LogP contribution is -2.65. The first-order chi connectivity index (χ1) is 18.1. The summed E-state index contributed by atoms with van der Waals surface area (Å²) in [6.45, 7) is 15.7. The molecule has 8 heteroatoms. The van der Waals surface area contributed by atoms with Crippen molar-refractivity contribution in [3.05, 3.63) is 23.8 Å². The van der Waals surface area contributed by atoms with E-state index in [1.54, 1.807) is 13.8 Å². The Bertz CT molecular complexity index is 1160. The summed E-state index contributed by atoms with van der Waals surface area (Å²) in [6, 6.07) is 0. The third-order valence-corrected chi connectivity index (χ3v) is 11.8. The van der Waals surface area contributed by atoms with Crippen molar-refractivity contribution in [3.8, 4) is 0 Å². The van der Waals surface area contributed by atoms with Gasteiger partial charge in [-0.3, -0.25) is 14.4 Å². The number of rotatable bonds is 5. The summed E-state index contributed by atoms with van der Waals surface area (Å²) in [5, 5.41) is 44.9. The summed E-state index contributed by atoms with van der Waals surface area (Å²) >= 11 is 0. The van der Waals surface area contributed by atoms with Crippen LogP contribution in [0.15, 0.2) is 23.8 Å². The molecule has 0 amide bonds. The van der Waals surface area contributed by atoms with Gasteiger partial charge in [0.2, 0.25) is 0 Å². The molecular formula is C32H48O8. The SMILES string of the molecule is CC(=O)OC(C)(C)/C=C/C(=O)[C@](C)(O)[C@H]1[C@H](O)C[C@@]2(C)[C@@H]3CC=C4[C@@H](C[C@@H](O)[C@@H](O)C4(C)C)[C@]3(C)C(=O)C[C@]12C. The highest BCUT2D eigenvalue weighted by molar-refractivity contribution is 5.97. The first-order valence-electron chi connectivity index (χ1n) is 14.5. The number of ether oxygens (including phenoxy) is 1. The summed E-state index contributed by atoms with van der Waals surface area (Å²) in [5.74, 6) is -2.48. The summed E-state index contributed by atoms with van der Waals surface area (Å²) in [4.78, 5) is 39.2. The first kappa shape index (κ1) is 31.1. The zero-order valence-corrected chi connectivity index (χ0v) is 25.4. The van der Waals surface area contributed by atoms with E-state index in [9.17, 15) is 34.8 Å². The number of carbonyl (C=O) groups is 3. The van der Waals surface area contributed by atoms with Crippen LogP contribution in [-0.4, -0.2) is 67.5 Å². The Labute approximate surface area is 237 Å². The Morgan fingerprint density at radius 3 is 2.20 bits per heavy atom. The lowest BCUT2D eigenvalue weighted by molar-refractivity contribution is -0.186. The number of fused-ring (bicyclic) bond motifs is 5. The first-order valence-corrected chi connectivity index (χ1v) is 14.5. The van der Waals surface area contributed by atoms with Gasteiger partial charge in [-0.15, -0.1) is 0 Å². The van der Waals surface area contributed by atoms with Crippen molar-refractivity contribution in [1.29, 1.82) is 0 Å². The van der Waals surface area contributed by atoms with Crippen LogP contribution in [0.1, 0.15) is 88.0 Å². The Balaban J connectivity index is 1.74. The molecule has 0 heterocycles. The van der Waals surface area contributed by atoms with E-state index >= 15 is 0 Å². The fourth-order valence-electron chi connectivity index (χ4n) is 9.55. The van der Waals surface area contributed by atoms with Gasteiger partial charge >= 0.3 is 5.97 Å². The Morgan fingerprint density at radius 1 is 1.02 bits per heavy atom. The van der Waals surface area contributed by atoms with Gasteiger partial charge in [0.25, 0.3) is 0 Å². The maximum Gasteiger partial charge on any atom is 0.303 e. The van der Waals surface area contributed by atoms with E-state index in [1.165, 1.54) is 26.0 Å². The molecule has 3 fully saturated rings. The minimum Gasteiger partial charge on any atom is -0.456 e. The predicted octanol–water partition coefficient (Wildman–Crippen LogP) is 3.29. The molecular weight excluding hydrogens is 512 g/mol. The summed E-state index contributed by atoms with van der Waals surface area (Å²) < 4.78 is 5.23. The minimum atomic E-state index is -1.98. The van der Waals surface area contributed by atoms with Gasteiger partial charge < -0.3 is 25.2 Å². The fourth-order valence-corrected chi connectivity index (χ4v) is 9.55. The number of aliphatic hydroxyl groups is 4. The van der Waals surface area contributed by atoms with Crippen molar-refractivity contribution < 1.29 is 39.5 Å². The molecule has 0 spiro atoms. The van der Waals surface area contributed by atoms with Crippen LogP contribution in [0.2, 0.25) is 0 Å². The van der Waals surface area contributed by atoms with Crippen LogP contribution in [0.25, 0.3) is 0 Å². The monoisotopic (exact) mass is 560 g/mol. The molecule has 4 N–H and O–H groups in total. The number of carbonyl (C=O) groups excluding carboxylic acids is 3. The lowest BCUT2D eigenvalue weighted by atomic mass is 9.38. The summed E-state index contributed by atoms with van der Waals surface area (Å²) in [6.07, 6.45) is 3.10. The van der Waals surface area contributed by atoms with Gasteiger partial charge in [-0.25, -0.2) is 0 Å². The number of hydrogen-bond acceptors (Lipinski definition) is 8. The molecule has 40 heavy (non-hydrogen) atoms. The van der Waals surface area contributed by atoms with Gasteiger partial charge in [0, 0.05) is 30.1 Å². The standard InChI is InChI=1S/C32H48O8/c1-17(33)40-27(2,3)13-12-23(36)32(9,39)25-21(35)15-29(6)22-11-10-18-19(14-20(34)26(38)28(18,4)5)31(22,8)24(37)16-30(25,29)7/h10,12-13,19-22,25-26,34-35,38-39H,11,14-16H2,1-9H3/b13-12+/t19-,20-,21-,22+,25+,26-,29+,30-,31+,32+/m1/s1. The van der Waals surface area contributed by atoms with Crippen molar-refractivity contribution in [2.75, 3.05) is 0 Å². The van der Waals surface area contributed by atoms with E-state index in [4.69, 9.17) is 4.74 Å². The number of aliphatic hydroxyl groups excluding tert-OH is 3. The molecule has 4 aliphatic carbocycles. The van der Waals surface area contributed by atoms with Crippen LogP contribution < -0.4 is 0 Å². The van der Waals surface area contributed by atoms with Crippen molar-refractivity contribution >= 4 is 17.5 Å². The molecule has 0 aromatic heterocycles. The minimum absolute atomic E-state index is 0.00125. The smallest absolute Gasteiger partial charge is 0.303 e. The van der Waals surface area contributed by atoms with E-state index in [0.717, 1.165) is 5.57 Å². The Kier molecular flexibility index (Phi) is 7.24. The zero-order chi connectivity index (χ0) is 30.4. The fraction of sp³-hybridized carbons (Fsp3) is 0.781. The average Bonchev–Trinajstić information content (AvgIpc) is 3.01. The van der Waals surface area contributed by atoms with Gasteiger partial charge in [-0.1, -0.05) is 46.3 Å². The quantitative estimate of drug-likeness (QED) is 0.228. The molecule has 0 bridgehead atoms.